The van der Waals surface area contributed by atoms with Crippen LogP contribution >= 0.6 is 15.9 Å². The summed E-state index contributed by atoms with van der Waals surface area (Å²) in [5.74, 6) is 0. The lowest BCUT2D eigenvalue weighted by molar-refractivity contribution is 0.805. The summed E-state index contributed by atoms with van der Waals surface area (Å²) in [7, 11) is 0. The highest BCUT2D eigenvalue weighted by molar-refractivity contribution is 9.10. The summed E-state index contributed by atoms with van der Waals surface area (Å²) < 4.78 is 3.36. The van der Waals surface area contributed by atoms with E-state index < -0.39 is 0 Å². The summed E-state index contributed by atoms with van der Waals surface area (Å²) in [4.78, 5) is 14.4. The number of halogens is 1. The summed E-state index contributed by atoms with van der Waals surface area (Å²) >= 11 is 3.56. The molecule has 0 spiro atoms. The molecule has 0 bridgehead atoms. The van der Waals surface area contributed by atoms with Gasteiger partial charge in [-0.3, -0.25) is 9.98 Å². The van der Waals surface area contributed by atoms with Crippen LogP contribution in [0.15, 0.2) is 64.2 Å². The first-order valence-electron chi connectivity index (χ1n) is 11.2. The zero-order valence-corrected chi connectivity index (χ0v) is 20.6. The number of anilines is 2. The van der Waals surface area contributed by atoms with Crippen molar-refractivity contribution in [3.63, 3.8) is 0 Å². The maximum absolute atomic E-state index is 5.04. The van der Waals surface area contributed by atoms with Gasteiger partial charge in [-0.2, -0.15) is 0 Å². The van der Waals surface area contributed by atoms with Crippen LogP contribution in [0.2, 0.25) is 0 Å². The molecule has 1 aromatic heterocycles. The van der Waals surface area contributed by atoms with Crippen molar-refractivity contribution in [2.75, 3.05) is 5.32 Å². The zero-order valence-electron chi connectivity index (χ0n) is 19.0. The molecule has 5 nitrogen and oxygen atoms in total. The molecule has 166 valence electrons. The predicted molar refractivity (Wildman–Crippen MR) is 138 cm³/mol. The molecule has 2 aromatic rings. The largest absolute Gasteiger partial charge is 0.352 e. The SMILES string of the molecule is Cc1ccc(Nc2cc3nc4c(n(-c5ccc(Br)cc5)c-3cc2=NC(C)C)=CCCC=4)cn1. The summed E-state index contributed by atoms with van der Waals surface area (Å²) in [6.07, 6.45) is 8.39. The lowest BCUT2D eigenvalue weighted by Gasteiger charge is -2.20. The number of benzene rings is 2. The molecule has 2 aliphatic carbocycles. The predicted octanol–water partition coefficient (Wildman–Crippen LogP) is 4.85. The number of pyridine rings is 1. The molecule has 33 heavy (non-hydrogen) atoms. The number of rotatable bonds is 4. The Labute approximate surface area is 201 Å². The molecule has 0 radical (unpaired) electrons. The van der Waals surface area contributed by atoms with Crippen LogP contribution in [0.1, 0.15) is 32.4 Å². The van der Waals surface area contributed by atoms with E-state index in [0.29, 0.717) is 0 Å². The molecule has 0 amide bonds. The van der Waals surface area contributed by atoms with Crippen LogP contribution in [0.4, 0.5) is 11.4 Å². The first kappa shape index (κ1) is 21.6. The first-order valence-corrected chi connectivity index (χ1v) is 12.0. The molecule has 0 saturated carbocycles. The van der Waals surface area contributed by atoms with E-state index in [1.165, 1.54) is 0 Å². The molecule has 0 fully saturated rings. The third-order valence-electron chi connectivity index (χ3n) is 5.59. The van der Waals surface area contributed by atoms with Crippen LogP contribution in [0, 0.1) is 6.92 Å². The smallest absolute Gasteiger partial charge is 0.0900 e. The number of hydrogen-bond acceptors (Lipinski definition) is 4. The Balaban J connectivity index is 1.80. The van der Waals surface area contributed by atoms with Crippen molar-refractivity contribution in [3.8, 4) is 17.1 Å². The van der Waals surface area contributed by atoms with Gasteiger partial charge in [0.1, 0.15) is 0 Å². The van der Waals surface area contributed by atoms with Crippen LogP contribution < -0.4 is 21.4 Å². The fourth-order valence-electron chi connectivity index (χ4n) is 4.10. The van der Waals surface area contributed by atoms with E-state index in [2.05, 4.69) is 93.2 Å². The minimum absolute atomic E-state index is 0.158. The maximum atomic E-state index is 5.04. The van der Waals surface area contributed by atoms with Crippen LogP contribution in [0.5, 0.6) is 0 Å². The van der Waals surface area contributed by atoms with Crippen molar-refractivity contribution in [2.45, 2.75) is 39.7 Å². The molecular formula is C27H26BrN5. The molecular weight excluding hydrogens is 474 g/mol. The summed E-state index contributed by atoms with van der Waals surface area (Å²) in [5, 5.41) is 6.58. The third kappa shape index (κ3) is 4.48. The van der Waals surface area contributed by atoms with E-state index in [9.17, 15) is 0 Å². The summed E-state index contributed by atoms with van der Waals surface area (Å²) in [6, 6.07) is 16.9. The van der Waals surface area contributed by atoms with E-state index in [1.807, 2.05) is 25.3 Å². The Morgan fingerprint density at radius 3 is 2.55 bits per heavy atom. The Bertz CT molecular complexity index is 1470. The minimum atomic E-state index is 0.158. The van der Waals surface area contributed by atoms with Gasteiger partial charge in [-0.25, -0.2) is 4.98 Å². The van der Waals surface area contributed by atoms with Crippen molar-refractivity contribution in [1.29, 1.82) is 0 Å². The van der Waals surface area contributed by atoms with Gasteiger partial charge >= 0.3 is 0 Å². The summed E-state index contributed by atoms with van der Waals surface area (Å²) in [6.45, 7) is 6.18. The molecule has 0 saturated heterocycles. The number of aryl methyl sites for hydroxylation is 1. The lowest BCUT2D eigenvalue weighted by atomic mass is 10.1. The standard InChI is InChI=1S/C27H26BrN5/c1-17(2)30-24-15-27-25(14-23(24)31-20-11-8-18(3)29-16-20)32-22-6-4-5-7-26(22)33(27)21-12-9-19(28)10-13-21/h6-17,31H,4-5H2,1-3H3. The number of fused-ring (bicyclic) bond motifs is 2. The fraction of sp³-hybridized carbons (Fsp3) is 0.222. The lowest BCUT2D eigenvalue weighted by Crippen LogP contribution is -2.40. The second-order valence-corrected chi connectivity index (χ2v) is 9.49. The second-order valence-electron chi connectivity index (χ2n) is 8.57. The highest BCUT2D eigenvalue weighted by Crippen LogP contribution is 2.24. The number of aromatic nitrogens is 3. The molecule has 3 aliphatic rings. The Morgan fingerprint density at radius 2 is 1.82 bits per heavy atom. The van der Waals surface area contributed by atoms with Crippen LogP contribution in [-0.4, -0.2) is 20.6 Å². The average molecular weight is 500 g/mol. The molecule has 5 rings (SSSR count). The number of nitrogens with zero attached hydrogens (tertiary/aromatic N) is 4. The van der Waals surface area contributed by atoms with Gasteiger partial charge in [0.15, 0.2) is 0 Å². The van der Waals surface area contributed by atoms with Gasteiger partial charge in [-0.1, -0.05) is 28.1 Å². The second kappa shape index (κ2) is 8.94. The monoisotopic (exact) mass is 499 g/mol. The highest BCUT2D eigenvalue weighted by Gasteiger charge is 2.16. The Kier molecular flexibility index (Phi) is 5.85. The highest BCUT2D eigenvalue weighted by atomic mass is 79.9. The van der Waals surface area contributed by atoms with Crippen molar-refractivity contribution < 1.29 is 0 Å². The summed E-state index contributed by atoms with van der Waals surface area (Å²) in [5.41, 5.74) is 5.91. The molecule has 0 unspecified atom stereocenters. The third-order valence-corrected chi connectivity index (χ3v) is 6.12. The van der Waals surface area contributed by atoms with E-state index >= 15 is 0 Å². The molecule has 1 aliphatic heterocycles. The van der Waals surface area contributed by atoms with Gasteiger partial charge < -0.3 is 9.88 Å². The van der Waals surface area contributed by atoms with E-state index in [-0.39, 0.29) is 6.04 Å². The van der Waals surface area contributed by atoms with Crippen molar-refractivity contribution in [3.05, 3.63) is 80.9 Å². The van der Waals surface area contributed by atoms with Crippen LogP contribution in [-0.2, 0) is 0 Å². The topological polar surface area (TPSA) is 55.1 Å². The van der Waals surface area contributed by atoms with Gasteiger partial charge in [0.25, 0.3) is 0 Å². The average Bonchev–Trinajstić information content (AvgIpc) is 2.80. The van der Waals surface area contributed by atoms with Crippen LogP contribution in [0.25, 0.3) is 29.2 Å². The van der Waals surface area contributed by atoms with Gasteiger partial charge in [-0.05, 0) is 82.1 Å². The number of hydrogen-bond donors (Lipinski definition) is 1. The quantitative estimate of drug-likeness (QED) is 0.436. The van der Waals surface area contributed by atoms with Gasteiger partial charge in [0.2, 0.25) is 0 Å². The van der Waals surface area contributed by atoms with Gasteiger partial charge in [0, 0.05) is 21.9 Å². The van der Waals surface area contributed by atoms with Gasteiger partial charge in [-0.15, -0.1) is 0 Å². The van der Waals surface area contributed by atoms with Crippen LogP contribution in [0.3, 0.4) is 0 Å². The fourth-order valence-corrected chi connectivity index (χ4v) is 4.37. The normalized spacial score (nSPS) is 13.5. The van der Waals surface area contributed by atoms with Crippen molar-refractivity contribution >= 4 is 39.5 Å². The Hall–Kier alpha value is -3.25. The van der Waals surface area contributed by atoms with Gasteiger partial charge in [0.05, 0.1) is 45.0 Å². The van der Waals surface area contributed by atoms with Crippen molar-refractivity contribution in [2.24, 2.45) is 4.99 Å². The Morgan fingerprint density at radius 1 is 1.03 bits per heavy atom. The molecule has 1 aromatic carbocycles. The van der Waals surface area contributed by atoms with E-state index in [0.717, 1.165) is 67.5 Å². The minimum Gasteiger partial charge on any atom is -0.352 e. The number of nitrogens with one attached hydrogen (secondary N) is 1. The molecule has 0 atom stereocenters. The first-order chi connectivity index (χ1) is 16.0. The zero-order chi connectivity index (χ0) is 22.9. The molecule has 6 heteroatoms. The van der Waals surface area contributed by atoms with E-state index in [1.54, 1.807) is 0 Å². The van der Waals surface area contributed by atoms with Crippen molar-refractivity contribution in [1.82, 2.24) is 14.5 Å². The maximum Gasteiger partial charge on any atom is 0.0900 e. The molecule has 2 heterocycles. The van der Waals surface area contributed by atoms with E-state index in [4.69, 9.17) is 9.98 Å². The molecule has 1 N–H and O–H groups in total.